The molecule has 1 N–H and O–H groups in total. The molecule has 0 bridgehead atoms. The first-order valence-electron chi connectivity index (χ1n) is 6.29. The van der Waals surface area contributed by atoms with Gasteiger partial charge in [-0.3, -0.25) is 5.32 Å². The number of nitrogens with one attached hydrogen (secondary N) is 1. The highest BCUT2D eigenvalue weighted by molar-refractivity contribution is 7.91. The van der Waals surface area contributed by atoms with Gasteiger partial charge in [0.1, 0.15) is 5.72 Å². The Morgan fingerprint density at radius 3 is 2.53 bits per heavy atom. The van der Waals surface area contributed by atoms with Crippen molar-refractivity contribution in [1.29, 1.82) is 0 Å². The molecule has 2 aliphatic heterocycles. The molecular weight excluding hydrogens is 238 g/mol. The first-order valence-corrected chi connectivity index (χ1v) is 8.11. The Morgan fingerprint density at radius 1 is 1.35 bits per heavy atom. The summed E-state index contributed by atoms with van der Waals surface area (Å²) >= 11 is 0. The van der Waals surface area contributed by atoms with Crippen molar-refractivity contribution in [2.24, 2.45) is 11.3 Å². The Morgan fingerprint density at radius 2 is 2.06 bits per heavy atom. The van der Waals surface area contributed by atoms with Crippen molar-refractivity contribution in [3.63, 3.8) is 0 Å². The van der Waals surface area contributed by atoms with Gasteiger partial charge in [0.15, 0.2) is 9.84 Å². The molecule has 0 aliphatic carbocycles. The first kappa shape index (κ1) is 13.3. The highest BCUT2D eigenvalue weighted by Gasteiger charge is 2.39. The lowest BCUT2D eigenvalue weighted by molar-refractivity contribution is -0.135. The summed E-state index contributed by atoms with van der Waals surface area (Å²) in [6.45, 7) is 8.02. The number of rotatable bonds is 2. The third kappa shape index (κ3) is 3.42. The van der Waals surface area contributed by atoms with E-state index >= 15 is 0 Å². The molecule has 5 heteroatoms. The van der Waals surface area contributed by atoms with E-state index in [4.69, 9.17) is 4.74 Å². The lowest BCUT2D eigenvalue weighted by Crippen LogP contribution is -2.56. The fraction of sp³-hybridized carbons (Fsp3) is 1.00. The Bertz CT molecular complexity index is 379. The fourth-order valence-electron chi connectivity index (χ4n) is 2.60. The predicted octanol–water partition coefficient (Wildman–Crippen LogP) is 1.17. The summed E-state index contributed by atoms with van der Waals surface area (Å²) in [4.78, 5) is 0. The molecule has 0 aromatic rings. The van der Waals surface area contributed by atoms with Gasteiger partial charge >= 0.3 is 0 Å². The molecule has 2 fully saturated rings. The molecular formula is C12H23NO3S. The fourth-order valence-corrected chi connectivity index (χ4v) is 4.46. The minimum absolute atomic E-state index is 0.168. The molecule has 0 radical (unpaired) electrons. The number of sulfone groups is 1. The van der Waals surface area contributed by atoms with Gasteiger partial charge in [0.05, 0.1) is 18.1 Å². The molecule has 2 aliphatic rings. The van der Waals surface area contributed by atoms with Crippen LogP contribution >= 0.6 is 0 Å². The minimum Gasteiger partial charge on any atom is -0.360 e. The second-order valence-electron chi connectivity index (χ2n) is 6.51. The lowest BCUT2D eigenvalue weighted by Gasteiger charge is -2.43. The van der Waals surface area contributed by atoms with Gasteiger partial charge in [-0.2, -0.15) is 0 Å². The van der Waals surface area contributed by atoms with Crippen LogP contribution in [0.2, 0.25) is 0 Å². The quantitative estimate of drug-likeness (QED) is 0.811. The van der Waals surface area contributed by atoms with Gasteiger partial charge in [-0.05, 0) is 25.7 Å². The van der Waals surface area contributed by atoms with Gasteiger partial charge in [0.25, 0.3) is 0 Å². The maximum Gasteiger partial charge on any atom is 0.150 e. The van der Waals surface area contributed by atoms with Gasteiger partial charge in [0.2, 0.25) is 0 Å². The molecule has 2 atom stereocenters. The van der Waals surface area contributed by atoms with Crippen molar-refractivity contribution < 1.29 is 13.2 Å². The molecule has 0 spiro atoms. The third-order valence-corrected chi connectivity index (χ3v) is 5.56. The van der Waals surface area contributed by atoms with Crippen LogP contribution in [0.25, 0.3) is 0 Å². The molecule has 2 unspecified atom stereocenters. The Labute approximate surface area is 104 Å². The summed E-state index contributed by atoms with van der Waals surface area (Å²) in [5.41, 5.74) is -0.179. The molecule has 0 saturated carbocycles. The van der Waals surface area contributed by atoms with Crippen LogP contribution in [0.1, 0.15) is 33.6 Å². The maximum absolute atomic E-state index is 11.4. The van der Waals surface area contributed by atoms with Crippen molar-refractivity contribution in [2.45, 2.75) is 39.3 Å². The van der Waals surface area contributed by atoms with Crippen molar-refractivity contribution in [3.05, 3.63) is 0 Å². The molecule has 0 aromatic carbocycles. The zero-order valence-corrected chi connectivity index (χ0v) is 11.8. The van der Waals surface area contributed by atoms with Crippen LogP contribution in [0.15, 0.2) is 0 Å². The highest BCUT2D eigenvalue weighted by Crippen LogP contribution is 2.32. The predicted molar refractivity (Wildman–Crippen MR) is 67.5 cm³/mol. The number of ether oxygens (including phenoxy) is 1. The Kier molecular flexibility index (Phi) is 3.30. The summed E-state index contributed by atoms with van der Waals surface area (Å²) in [6, 6.07) is 0. The van der Waals surface area contributed by atoms with Crippen LogP contribution in [-0.4, -0.2) is 38.8 Å². The summed E-state index contributed by atoms with van der Waals surface area (Å²) < 4.78 is 28.8. The van der Waals surface area contributed by atoms with Crippen LogP contribution in [0.3, 0.4) is 0 Å². The van der Waals surface area contributed by atoms with Crippen LogP contribution in [0.4, 0.5) is 0 Å². The summed E-state index contributed by atoms with van der Waals surface area (Å²) in [7, 11) is -2.78. The normalized spacial score (nSPS) is 40.3. The van der Waals surface area contributed by atoms with Crippen molar-refractivity contribution in [3.8, 4) is 0 Å². The zero-order valence-electron chi connectivity index (χ0n) is 11.0. The monoisotopic (exact) mass is 261 g/mol. The summed E-state index contributed by atoms with van der Waals surface area (Å²) in [5.74, 6) is 0.926. The van der Waals surface area contributed by atoms with Crippen LogP contribution in [-0.2, 0) is 14.6 Å². The molecule has 4 nitrogen and oxygen atoms in total. The van der Waals surface area contributed by atoms with Crippen LogP contribution in [0, 0.1) is 11.3 Å². The van der Waals surface area contributed by atoms with Crippen LogP contribution < -0.4 is 5.32 Å². The highest BCUT2D eigenvalue weighted by atomic mass is 32.2. The molecule has 17 heavy (non-hydrogen) atoms. The molecule has 100 valence electrons. The van der Waals surface area contributed by atoms with E-state index in [1.165, 1.54) is 0 Å². The van der Waals surface area contributed by atoms with Crippen molar-refractivity contribution in [1.82, 2.24) is 5.32 Å². The average Bonchev–Trinajstić information content (AvgIpc) is 2.52. The largest absolute Gasteiger partial charge is 0.360 e. The van der Waals surface area contributed by atoms with Gasteiger partial charge < -0.3 is 4.74 Å². The topological polar surface area (TPSA) is 55.4 Å². The van der Waals surface area contributed by atoms with E-state index in [2.05, 4.69) is 19.2 Å². The second-order valence-corrected chi connectivity index (χ2v) is 8.74. The first-order chi connectivity index (χ1) is 7.70. The SMILES string of the molecule is CC1(C)CNC(C)(CC2CCS(=O)(=O)C2)OC1. The smallest absolute Gasteiger partial charge is 0.150 e. The van der Waals surface area contributed by atoms with Crippen LogP contribution in [0.5, 0.6) is 0 Å². The average molecular weight is 261 g/mol. The standard InChI is InChI=1S/C12H23NO3S/c1-11(2)8-13-12(3,16-9-11)6-10-4-5-17(14,15)7-10/h10,13H,4-9H2,1-3H3. The summed E-state index contributed by atoms with van der Waals surface area (Å²) in [5, 5.41) is 3.42. The van der Waals surface area contributed by atoms with Crippen molar-refractivity contribution >= 4 is 9.84 Å². The molecule has 0 aromatic heterocycles. The third-order valence-electron chi connectivity index (χ3n) is 3.73. The van der Waals surface area contributed by atoms with Gasteiger partial charge in [-0.15, -0.1) is 0 Å². The summed E-state index contributed by atoms with van der Waals surface area (Å²) in [6.07, 6.45) is 1.58. The molecule has 2 heterocycles. The van der Waals surface area contributed by atoms with E-state index in [0.717, 1.165) is 26.0 Å². The lowest BCUT2D eigenvalue weighted by atomic mass is 9.89. The van der Waals surface area contributed by atoms with E-state index in [-0.39, 0.29) is 17.1 Å². The van der Waals surface area contributed by atoms with Gasteiger partial charge in [0, 0.05) is 12.0 Å². The second kappa shape index (κ2) is 4.21. The minimum atomic E-state index is -2.78. The van der Waals surface area contributed by atoms with E-state index in [9.17, 15) is 8.42 Å². The Balaban J connectivity index is 1.91. The number of hydrogen-bond donors (Lipinski definition) is 1. The molecule has 0 amide bonds. The van der Waals surface area contributed by atoms with E-state index in [0.29, 0.717) is 11.5 Å². The van der Waals surface area contributed by atoms with Crippen molar-refractivity contribution in [2.75, 3.05) is 24.7 Å². The Hall–Kier alpha value is -0.130. The number of hydrogen-bond acceptors (Lipinski definition) is 4. The maximum atomic E-state index is 11.4. The zero-order chi connectivity index (χ0) is 12.7. The van der Waals surface area contributed by atoms with E-state index < -0.39 is 9.84 Å². The molecule has 2 saturated heterocycles. The molecule has 2 rings (SSSR count). The van der Waals surface area contributed by atoms with Gasteiger partial charge in [-0.25, -0.2) is 8.42 Å². The van der Waals surface area contributed by atoms with Gasteiger partial charge in [-0.1, -0.05) is 13.8 Å². The van der Waals surface area contributed by atoms with E-state index in [1.54, 1.807) is 0 Å². The van der Waals surface area contributed by atoms with E-state index in [1.807, 2.05) is 6.92 Å².